The number of hydrogen-bond donors (Lipinski definition) is 0. The van der Waals surface area contributed by atoms with Gasteiger partial charge < -0.3 is 4.79 Å². The van der Waals surface area contributed by atoms with Crippen molar-refractivity contribution in [2.45, 2.75) is 39.0 Å². The van der Waals surface area contributed by atoms with E-state index in [-0.39, 0.29) is 6.92 Å². The van der Waals surface area contributed by atoms with Crippen LogP contribution in [0.1, 0.15) is 26.7 Å². The van der Waals surface area contributed by atoms with Crippen molar-refractivity contribution < 1.29 is 31.1 Å². The van der Waals surface area contributed by atoms with Crippen LogP contribution in [0.5, 0.6) is 0 Å². The number of Topliss-reactive ketones (excluding diaryl/α,β-unsaturated/α-hetero) is 1. The molecule has 0 bridgehead atoms. The monoisotopic (exact) mass is 236 g/mol. The fraction of sp³-hybridized carbons (Fsp3) is 0.875. The molecule has 0 aliphatic rings. The lowest BCUT2D eigenvalue weighted by Crippen LogP contribution is -2.47. The number of carbonyl (C=O) groups excluding carboxylic acids is 1. The maximum absolute atomic E-state index is 12.2. The SMILES string of the molecule is CC(=O)CCC(C)(C(F)(F)F)C(F)(F)F. The van der Waals surface area contributed by atoms with Crippen molar-refractivity contribution in [3.8, 4) is 0 Å². The Hall–Kier alpha value is -0.750. The Balaban J connectivity index is 4.98. The van der Waals surface area contributed by atoms with Gasteiger partial charge in [0.25, 0.3) is 0 Å². The Labute approximate surface area is 82.4 Å². The summed E-state index contributed by atoms with van der Waals surface area (Å²) in [6, 6.07) is 0. The number of rotatable bonds is 3. The summed E-state index contributed by atoms with van der Waals surface area (Å²) in [4.78, 5) is 10.4. The topological polar surface area (TPSA) is 17.1 Å². The van der Waals surface area contributed by atoms with Gasteiger partial charge in [0.2, 0.25) is 0 Å². The molecule has 7 heteroatoms. The van der Waals surface area contributed by atoms with Crippen molar-refractivity contribution in [2.24, 2.45) is 5.41 Å². The molecule has 0 saturated carbocycles. The van der Waals surface area contributed by atoms with Crippen LogP contribution in [0.2, 0.25) is 0 Å². The summed E-state index contributed by atoms with van der Waals surface area (Å²) in [7, 11) is 0. The highest BCUT2D eigenvalue weighted by atomic mass is 19.4. The van der Waals surface area contributed by atoms with Crippen LogP contribution in [-0.2, 0) is 4.79 Å². The largest absolute Gasteiger partial charge is 0.402 e. The second-order valence-electron chi connectivity index (χ2n) is 3.53. The molecule has 0 aliphatic heterocycles. The molecule has 0 aromatic carbocycles. The average Bonchev–Trinajstić information content (AvgIpc) is 1.95. The molecular weight excluding hydrogens is 226 g/mol. The third-order valence-electron chi connectivity index (χ3n) is 2.23. The van der Waals surface area contributed by atoms with Crippen molar-refractivity contribution in [1.29, 1.82) is 0 Å². The van der Waals surface area contributed by atoms with Gasteiger partial charge in [0, 0.05) is 6.42 Å². The van der Waals surface area contributed by atoms with Gasteiger partial charge >= 0.3 is 12.4 Å². The van der Waals surface area contributed by atoms with Gasteiger partial charge in [-0.05, 0) is 20.3 Å². The number of hydrogen-bond acceptors (Lipinski definition) is 1. The van der Waals surface area contributed by atoms with Gasteiger partial charge in [0.15, 0.2) is 5.41 Å². The van der Waals surface area contributed by atoms with Gasteiger partial charge in [0.05, 0.1) is 0 Å². The van der Waals surface area contributed by atoms with Crippen molar-refractivity contribution >= 4 is 5.78 Å². The van der Waals surface area contributed by atoms with Crippen molar-refractivity contribution in [1.82, 2.24) is 0 Å². The quantitative estimate of drug-likeness (QED) is 0.685. The molecule has 1 nitrogen and oxygen atoms in total. The highest BCUT2D eigenvalue weighted by molar-refractivity contribution is 5.75. The lowest BCUT2D eigenvalue weighted by atomic mass is 9.83. The second kappa shape index (κ2) is 4.02. The van der Waals surface area contributed by atoms with Gasteiger partial charge in [-0.1, -0.05) is 0 Å². The van der Waals surface area contributed by atoms with E-state index >= 15 is 0 Å². The Bertz CT molecular complexity index is 224. The standard InChI is InChI=1S/C8H10F6O/c1-5(15)3-4-6(2,7(9,10)11)8(12,13)14/h3-4H2,1-2H3. The predicted molar refractivity (Wildman–Crippen MR) is 40.1 cm³/mol. The van der Waals surface area contributed by atoms with Crippen LogP contribution >= 0.6 is 0 Å². The Morgan fingerprint density at radius 2 is 1.33 bits per heavy atom. The molecule has 15 heavy (non-hydrogen) atoms. The van der Waals surface area contributed by atoms with E-state index in [4.69, 9.17) is 0 Å². The maximum atomic E-state index is 12.2. The molecule has 0 unspecified atom stereocenters. The summed E-state index contributed by atoms with van der Waals surface area (Å²) < 4.78 is 73.3. The predicted octanol–water partition coefficient (Wildman–Crippen LogP) is 3.49. The zero-order chi connectivity index (χ0) is 12.5. The smallest absolute Gasteiger partial charge is 0.300 e. The summed E-state index contributed by atoms with van der Waals surface area (Å²) in [5.41, 5.74) is -3.81. The number of carbonyl (C=O) groups is 1. The van der Waals surface area contributed by atoms with Crippen LogP contribution in [0.15, 0.2) is 0 Å². The molecule has 0 radical (unpaired) electrons. The minimum absolute atomic E-state index is 0.0654. The van der Waals surface area contributed by atoms with E-state index in [1.165, 1.54) is 0 Å². The molecule has 0 N–H and O–H groups in total. The molecule has 0 atom stereocenters. The van der Waals surface area contributed by atoms with Crippen LogP contribution in [0, 0.1) is 5.41 Å². The van der Waals surface area contributed by atoms with Gasteiger partial charge in [-0.2, -0.15) is 26.3 Å². The first kappa shape index (κ1) is 14.2. The average molecular weight is 236 g/mol. The Kier molecular flexibility index (Phi) is 3.82. The molecule has 0 fully saturated rings. The Morgan fingerprint density at radius 1 is 1.00 bits per heavy atom. The van der Waals surface area contributed by atoms with E-state index < -0.39 is 36.4 Å². The molecular formula is C8H10F6O. The highest BCUT2D eigenvalue weighted by Crippen LogP contribution is 2.52. The molecule has 0 aromatic heterocycles. The van der Waals surface area contributed by atoms with Crippen LogP contribution in [0.25, 0.3) is 0 Å². The number of ketones is 1. The van der Waals surface area contributed by atoms with Gasteiger partial charge in [-0.25, -0.2) is 0 Å². The van der Waals surface area contributed by atoms with Gasteiger partial charge in [-0.3, -0.25) is 0 Å². The third kappa shape index (κ3) is 3.10. The van der Waals surface area contributed by atoms with Crippen LogP contribution in [-0.4, -0.2) is 18.1 Å². The van der Waals surface area contributed by atoms with E-state index in [1.807, 2.05) is 0 Å². The third-order valence-corrected chi connectivity index (χ3v) is 2.23. The minimum Gasteiger partial charge on any atom is -0.300 e. The van der Waals surface area contributed by atoms with E-state index in [2.05, 4.69) is 0 Å². The fourth-order valence-electron chi connectivity index (χ4n) is 0.870. The van der Waals surface area contributed by atoms with E-state index in [0.717, 1.165) is 6.92 Å². The van der Waals surface area contributed by atoms with E-state index in [1.54, 1.807) is 0 Å². The summed E-state index contributed by atoms with van der Waals surface area (Å²) in [6.07, 6.45) is -12.8. The van der Waals surface area contributed by atoms with Crippen LogP contribution in [0.4, 0.5) is 26.3 Å². The molecule has 0 aromatic rings. The highest BCUT2D eigenvalue weighted by Gasteiger charge is 2.66. The second-order valence-corrected chi connectivity index (χ2v) is 3.53. The van der Waals surface area contributed by atoms with Gasteiger partial charge in [0.1, 0.15) is 5.78 Å². The summed E-state index contributed by atoms with van der Waals surface area (Å²) in [5.74, 6) is -0.699. The van der Waals surface area contributed by atoms with Crippen molar-refractivity contribution in [2.75, 3.05) is 0 Å². The molecule has 0 heterocycles. The van der Waals surface area contributed by atoms with Crippen molar-refractivity contribution in [3.05, 3.63) is 0 Å². The summed E-state index contributed by atoms with van der Waals surface area (Å²) >= 11 is 0. The normalized spacial score (nSPS) is 14.1. The maximum Gasteiger partial charge on any atom is 0.402 e. The Morgan fingerprint density at radius 3 is 1.53 bits per heavy atom. The summed E-state index contributed by atoms with van der Waals surface area (Å²) in [5, 5.41) is 0. The summed E-state index contributed by atoms with van der Waals surface area (Å²) in [6.45, 7) is 1.02. The molecule has 0 aliphatic carbocycles. The number of alkyl halides is 6. The first-order valence-electron chi connectivity index (χ1n) is 4.05. The molecule has 0 saturated heterocycles. The number of halogens is 6. The van der Waals surface area contributed by atoms with E-state index in [0.29, 0.717) is 0 Å². The van der Waals surface area contributed by atoms with E-state index in [9.17, 15) is 31.1 Å². The first-order valence-corrected chi connectivity index (χ1v) is 4.05. The first-order chi connectivity index (χ1) is 6.42. The zero-order valence-corrected chi connectivity index (χ0v) is 8.09. The molecule has 90 valence electrons. The lowest BCUT2D eigenvalue weighted by molar-refractivity contribution is -0.336. The molecule has 0 rings (SSSR count). The van der Waals surface area contributed by atoms with Crippen LogP contribution in [0.3, 0.4) is 0 Å². The zero-order valence-electron chi connectivity index (χ0n) is 8.09. The fourth-order valence-corrected chi connectivity index (χ4v) is 0.870. The van der Waals surface area contributed by atoms with Crippen molar-refractivity contribution in [3.63, 3.8) is 0 Å². The molecule has 0 amide bonds. The van der Waals surface area contributed by atoms with Crippen LogP contribution < -0.4 is 0 Å². The lowest BCUT2D eigenvalue weighted by Gasteiger charge is -2.33. The molecule has 0 spiro atoms. The van der Waals surface area contributed by atoms with Gasteiger partial charge in [-0.15, -0.1) is 0 Å². The minimum atomic E-state index is -5.40.